The van der Waals surface area contributed by atoms with Crippen LogP contribution < -0.4 is 5.56 Å². The summed E-state index contributed by atoms with van der Waals surface area (Å²) in [6.45, 7) is 0. The van der Waals surface area contributed by atoms with E-state index in [1.807, 2.05) is 0 Å². The molecule has 0 bridgehead atoms. The number of aromatic amines is 1. The minimum Gasteiger partial charge on any atom is -0.477 e. The number of pyridine rings is 2. The standard InChI is InChI=1S/C9H4ClFN2O3/c10-6-4-1-3(11)2-12-7(4)13-8(14)5(6)9(15)16/h1-2H,(H,15,16)(H,12,13,14). The van der Waals surface area contributed by atoms with E-state index in [0.29, 0.717) is 0 Å². The van der Waals surface area contributed by atoms with Crippen LogP contribution in [-0.2, 0) is 0 Å². The lowest BCUT2D eigenvalue weighted by molar-refractivity contribution is 0.0695. The Balaban J connectivity index is 2.96. The van der Waals surface area contributed by atoms with Gasteiger partial charge in [0.1, 0.15) is 17.0 Å². The molecular weight excluding hydrogens is 239 g/mol. The van der Waals surface area contributed by atoms with Crippen LogP contribution in [0.1, 0.15) is 10.4 Å². The first-order valence-corrected chi connectivity index (χ1v) is 4.49. The molecule has 2 rings (SSSR count). The molecule has 0 aromatic carbocycles. The smallest absolute Gasteiger partial charge is 0.342 e. The van der Waals surface area contributed by atoms with E-state index in [9.17, 15) is 14.0 Å². The van der Waals surface area contributed by atoms with Gasteiger partial charge in [0.2, 0.25) is 0 Å². The van der Waals surface area contributed by atoms with Crippen molar-refractivity contribution in [3.8, 4) is 0 Å². The molecule has 0 fully saturated rings. The molecule has 0 aliphatic rings. The highest BCUT2D eigenvalue weighted by atomic mass is 35.5. The molecule has 0 saturated carbocycles. The van der Waals surface area contributed by atoms with Gasteiger partial charge in [-0.1, -0.05) is 11.6 Å². The second kappa shape index (κ2) is 3.57. The van der Waals surface area contributed by atoms with Crippen LogP contribution in [0, 0.1) is 5.82 Å². The van der Waals surface area contributed by atoms with Gasteiger partial charge in [0.05, 0.1) is 11.2 Å². The van der Waals surface area contributed by atoms with Gasteiger partial charge in [0, 0.05) is 5.39 Å². The summed E-state index contributed by atoms with van der Waals surface area (Å²) in [4.78, 5) is 27.9. The van der Waals surface area contributed by atoms with E-state index in [-0.39, 0.29) is 16.1 Å². The monoisotopic (exact) mass is 242 g/mol. The fourth-order valence-electron chi connectivity index (χ4n) is 1.30. The van der Waals surface area contributed by atoms with E-state index in [1.165, 1.54) is 0 Å². The third-order valence-electron chi connectivity index (χ3n) is 1.98. The molecule has 2 N–H and O–H groups in total. The molecule has 0 aliphatic carbocycles. The van der Waals surface area contributed by atoms with E-state index >= 15 is 0 Å². The molecule has 0 radical (unpaired) electrons. The van der Waals surface area contributed by atoms with Crippen LogP contribution in [-0.4, -0.2) is 21.0 Å². The van der Waals surface area contributed by atoms with Gasteiger partial charge in [-0.2, -0.15) is 0 Å². The lowest BCUT2D eigenvalue weighted by Crippen LogP contribution is -2.18. The number of carbonyl (C=O) groups is 1. The number of nitrogens with zero attached hydrogens (tertiary/aromatic N) is 1. The van der Waals surface area contributed by atoms with Crippen LogP contribution in [0.4, 0.5) is 4.39 Å². The maximum absolute atomic E-state index is 12.9. The summed E-state index contributed by atoms with van der Waals surface area (Å²) in [5.74, 6) is -2.14. The zero-order valence-electron chi connectivity index (χ0n) is 7.62. The van der Waals surface area contributed by atoms with Crippen molar-refractivity contribution in [1.29, 1.82) is 0 Å². The van der Waals surface area contributed by atoms with Crippen LogP contribution in [0.25, 0.3) is 11.0 Å². The maximum atomic E-state index is 12.9. The molecule has 2 heterocycles. The van der Waals surface area contributed by atoms with Crippen LogP contribution in [0.3, 0.4) is 0 Å². The Kier molecular flexibility index (Phi) is 2.35. The van der Waals surface area contributed by atoms with E-state index in [4.69, 9.17) is 16.7 Å². The van der Waals surface area contributed by atoms with Gasteiger partial charge in [-0.05, 0) is 6.07 Å². The molecule has 7 heteroatoms. The number of carboxylic acids is 1. The Hall–Kier alpha value is -1.95. The Morgan fingerprint density at radius 3 is 2.88 bits per heavy atom. The number of H-pyrrole nitrogens is 1. The SMILES string of the molecule is O=C(O)c1c(Cl)c2cc(F)cnc2[nH]c1=O. The second-order valence-corrected chi connectivity index (χ2v) is 3.38. The summed E-state index contributed by atoms with van der Waals surface area (Å²) in [5.41, 5.74) is -1.45. The van der Waals surface area contributed by atoms with Crippen molar-refractivity contribution < 1.29 is 14.3 Å². The number of halogens is 2. The Morgan fingerprint density at radius 2 is 2.25 bits per heavy atom. The van der Waals surface area contributed by atoms with Gasteiger partial charge in [-0.15, -0.1) is 0 Å². The predicted molar refractivity (Wildman–Crippen MR) is 54.3 cm³/mol. The first kappa shape index (κ1) is 10.6. The molecule has 0 amide bonds. The lowest BCUT2D eigenvalue weighted by Gasteiger charge is -2.02. The third-order valence-corrected chi connectivity index (χ3v) is 2.38. The van der Waals surface area contributed by atoms with E-state index in [1.54, 1.807) is 0 Å². The fourth-order valence-corrected chi connectivity index (χ4v) is 1.61. The largest absolute Gasteiger partial charge is 0.477 e. The van der Waals surface area contributed by atoms with Gasteiger partial charge in [-0.25, -0.2) is 14.2 Å². The number of aromatic carboxylic acids is 1. The summed E-state index contributed by atoms with van der Waals surface area (Å²) in [6.07, 6.45) is 0.898. The van der Waals surface area contributed by atoms with E-state index in [0.717, 1.165) is 12.3 Å². The first-order chi connectivity index (χ1) is 7.50. The zero-order chi connectivity index (χ0) is 11.9. The molecule has 82 valence electrons. The van der Waals surface area contributed by atoms with Crippen molar-refractivity contribution in [1.82, 2.24) is 9.97 Å². The molecular formula is C9H4ClFN2O3. The van der Waals surface area contributed by atoms with Crippen molar-refractivity contribution in [3.63, 3.8) is 0 Å². The number of hydrogen-bond acceptors (Lipinski definition) is 3. The van der Waals surface area contributed by atoms with Crippen molar-refractivity contribution in [3.05, 3.63) is 39.0 Å². The average Bonchev–Trinajstić information content (AvgIpc) is 2.19. The van der Waals surface area contributed by atoms with Crippen molar-refractivity contribution >= 4 is 28.6 Å². The second-order valence-electron chi connectivity index (χ2n) is 3.00. The molecule has 2 aromatic rings. The van der Waals surface area contributed by atoms with Crippen molar-refractivity contribution in [2.75, 3.05) is 0 Å². The summed E-state index contributed by atoms with van der Waals surface area (Å²) in [5, 5.41) is 8.49. The highest BCUT2D eigenvalue weighted by molar-refractivity contribution is 6.37. The molecule has 16 heavy (non-hydrogen) atoms. The number of nitrogens with one attached hydrogen (secondary N) is 1. The molecule has 0 atom stereocenters. The van der Waals surface area contributed by atoms with E-state index in [2.05, 4.69) is 9.97 Å². The third kappa shape index (κ3) is 1.53. The zero-order valence-corrected chi connectivity index (χ0v) is 8.38. The molecule has 0 spiro atoms. The summed E-state index contributed by atoms with van der Waals surface area (Å²) in [7, 11) is 0. The highest BCUT2D eigenvalue weighted by Crippen LogP contribution is 2.22. The van der Waals surface area contributed by atoms with Gasteiger partial charge in [0.15, 0.2) is 0 Å². The molecule has 5 nitrogen and oxygen atoms in total. The molecule has 0 saturated heterocycles. The Labute approximate surface area is 92.5 Å². The molecule has 0 aliphatic heterocycles. The quantitative estimate of drug-likeness (QED) is 0.792. The minimum absolute atomic E-state index is 0.0430. The highest BCUT2D eigenvalue weighted by Gasteiger charge is 2.17. The number of carboxylic acid groups (broad SMARTS) is 1. The van der Waals surface area contributed by atoms with Gasteiger partial charge >= 0.3 is 5.97 Å². The topological polar surface area (TPSA) is 83.0 Å². The van der Waals surface area contributed by atoms with Gasteiger partial charge in [-0.3, -0.25) is 4.79 Å². The number of rotatable bonds is 1. The maximum Gasteiger partial charge on any atom is 0.342 e. The number of aromatic nitrogens is 2. The predicted octanol–water partition coefficient (Wildman–Crippen LogP) is 1.41. The van der Waals surface area contributed by atoms with Crippen LogP contribution in [0.15, 0.2) is 17.1 Å². The summed E-state index contributed by atoms with van der Waals surface area (Å²) in [6, 6.07) is 1.01. The van der Waals surface area contributed by atoms with E-state index < -0.39 is 22.9 Å². The average molecular weight is 243 g/mol. The summed E-state index contributed by atoms with van der Waals surface area (Å²) >= 11 is 5.71. The van der Waals surface area contributed by atoms with Gasteiger partial charge < -0.3 is 10.1 Å². The van der Waals surface area contributed by atoms with Crippen molar-refractivity contribution in [2.24, 2.45) is 0 Å². The minimum atomic E-state index is -1.47. The lowest BCUT2D eigenvalue weighted by atomic mass is 10.2. The molecule has 0 unspecified atom stereocenters. The molecule has 2 aromatic heterocycles. The van der Waals surface area contributed by atoms with Crippen LogP contribution in [0.5, 0.6) is 0 Å². The normalized spacial score (nSPS) is 10.6. The van der Waals surface area contributed by atoms with Crippen LogP contribution in [0.2, 0.25) is 5.02 Å². The number of fused-ring (bicyclic) bond motifs is 1. The number of hydrogen-bond donors (Lipinski definition) is 2. The van der Waals surface area contributed by atoms with Crippen LogP contribution >= 0.6 is 11.6 Å². The first-order valence-electron chi connectivity index (χ1n) is 4.11. The van der Waals surface area contributed by atoms with Gasteiger partial charge in [0.25, 0.3) is 5.56 Å². The fraction of sp³-hybridized carbons (Fsp3) is 0. The van der Waals surface area contributed by atoms with Crippen molar-refractivity contribution in [2.45, 2.75) is 0 Å². The Bertz CT molecular complexity index is 653. The Morgan fingerprint density at radius 1 is 1.56 bits per heavy atom. The summed E-state index contributed by atoms with van der Waals surface area (Å²) < 4.78 is 12.9.